The summed E-state index contributed by atoms with van der Waals surface area (Å²) in [4.78, 5) is 2.32. The van der Waals surface area contributed by atoms with Crippen molar-refractivity contribution in [2.24, 2.45) is 0 Å². The van der Waals surface area contributed by atoms with Crippen LogP contribution in [0.1, 0.15) is 16.4 Å². The van der Waals surface area contributed by atoms with Crippen LogP contribution in [0.3, 0.4) is 0 Å². The van der Waals surface area contributed by atoms with E-state index in [1.807, 2.05) is 19.0 Å². The second-order valence-corrected chi connectivity index (χ2v) is 11.1. The molecule has 0 fully saturated rings. The van der Waals surface area contributed by atoms with Gasteiger partial charge in [0.1, 0.15) is 5.25 Å². The predicted molar refractivity (Wildman–Crippen MR) is 120 cm³/mol. The van der Waals surface area contributed by atoms with E-state index in [0.29, 0.717) is 12.1 Å². The average molecular weight is 481 g/mol. The van der Waals surface area contributed by atoms with Crippen molar-refractivity contribution in [2.75, 3.05) is 32.9 Å². The Hall–Kier alpha value is -1.16. The zero-order valence-electron chi connectivity index (χ0n) is 16.2. The molecule has 0 saturated heterocycles. The Labute approximate surface area is 185 Å². The van der Waals surface area contributed by atoms with Crippen LogP contribution in [0.4, 0.5) is 0 Å². The standard InChI is InChI=1S/C19H24N2O4S2.2ClH/c1-21(2)12-11-20-13-15-7-6-10-17-19(15)18(14-26(17,22)23)27(24,25)16-8-4-3-5-9-16;;/h3-10,18,20H,11-14H2,1-2H3;2*1H. The number of likely N-dealkylation sites (N-methyl/N-ethyl adjacent to an activating group) is 1. The molecule has 0 spiro atoms. The van der Waals surface area contributed by atoms with Crippen LogP contribution in [0.25, 0.3) is 0 Å². The van der Waals surface area contributed by atoms with E-state index in [4.69, 9.17) is 0 Å². The number of fused-ring (bicyclic) bond motifs is 1. The summed E-state index contributed by atoms with van der Waals surface area (Å²) in [6.45, 7) is 1.98. The minimum Gasteiger partial charge on any atom is -0.311 e. The van der Waals surface area contributed by atoms with E-state index < -0.39 is 30.7 Å². The summed E-state index contributed by atoms with van der Waals surface area (Å²) < 4.78 is 51.6. The Morgan fingerprint density at radius 3 is 2.31 bits per heavy atom. The minimum atomic E-state index is -3.80. The van der Waals surface area contributed by atoms with E-state index >= 15 is 0 Å². The lowest BCUT2D eigenvalue weighted by Crippen LogP contribution is -2.27. The fourth-order valence-electron chi connectivity index (χ4n) is 3.30. The molecule has 2 aromatic rings. The molecule has 0 bridgehead atoms. The first-order valence-electron chi connectivity index (χ1n) is 8.72. The summed E-state index contributed by atoms with van der Waals surface area (Å²) in [5.74, 6) is -0.408. The molecule has 0 aromatic heterocycles. The molecule has 10 heteroatoms. The molecule has 2 aromatic carbocycles. The van der Waals surface area contributed by atoms with E-state index in [1.165, 1.54) is 18.2 Å². The molecule has 1 aliphatic heterocycles. The van der Waals surface area contributed by atoms with Crippen LogP contribution in [0.15, 0.2) is 58.3 Å². The van der Waals surface area contributed by atoms with Crippen LogP contribution in [-0.4, -0.2) is 54.7 Å². The number of rotatable bonds is 7. The highest BCUT2D eigenvalue weighted by atomic mass is 35.5. The molecule has 0 saturated carbocycles. The molecular weight excluding hydrogens is 455 g/mol. The van der Waals surface area contributed by atoms with Crippen molar-refractivity contribution in [3.8, 4) is 0 Å². The molecule has 6 nitrogen and oxygen atoms in total. The average Bonchev–Trinajstić information content (AvgIpc) is 2.92. The lowest BCUT2D eigenvalue weighted by atomic mass is 10.1. The molecule has 0 amide bonds. The van der Waals surface area contributed by atoms with Crippen molar-refractivity contribution < 1.29 is 16.8 Å². The molecule has 1 heterocycles. The largest absolute Gasteiger partial charge is 0.311 e. The maximum absolute atomic E-state index is 13.2. The molecule has 3 rings (SSSR count). The van der Waals surface area contributed by atoms with Crippen LogP contribution < -0.4 is 5.32 Å². The first-order valence-corrected chi connectivity index (χ1v) is 11.9. The van der Waals surface area contributed by atoms with Crippen LogP contribution >= 0.6 is 24.8 Å². The molecule has 1 N–H and O–H groups in total. The molecular formula is C19H26Cl2N2O4S2. The second-order valence-electron chi connectivity index (χ2n) is 6.94. The Morgan fingerprint density at radius 1 is 1.03 bits per heavy atom. The topological polar surface area (TPSA) is 83.6 Å². The van der Waals surface area contributed by atoms with E-state index in [9.17, 15) is 16.8 Å². The van der Waals surface area contributed by atoms with Crippen molar-refractivity contribution in [1.82, 2.24) is 10.2 Å². The maximum Gasteiger partial charge on any atom is 0.186 e. The van der Waals surface area contributed by atoms with Crippen LogP contribution in [0.2, 0.25) is 0 Å². The van der Waals surface area contributed by atoms with Crippen LogP contribution in [0.5, 0.6) is 0 Å². The third-order valence-corrected chi connectivity index (χ3v) is 8.77. The normalized spacial score (nSPS) is 17.3. The molecule has 0 aliphatic carbocycles. The van der Waals surface area contributed by atoms with Gasteiger partial charge in [0, 0.05) is 19.6 Å². The molecule has 1 aliphatic rings. The van der Waals surface area contributed by atoms with Gasteiger partial charge in [-0.25, -0.2) is 16.8 Å². The number of sulfone groups is 2. The molecule has 162 valence electrons. The van der Waals surface area contributed by atoms with Gasteiger partial charge in [0.2, 0.25) is 0 Å². The fraction of sp³-hybridized carbons (Fsp3) is 0.368. The fourth-order valence-corrected chi connectivity index (χ4v) is 7.72. The van der Waals surface area contributed by atoms with Gasteiger partial charge < -0.3 is 10.2 Å². The lowest BCUT2D eigenvalue weighted by molar-refractivity contribution is 0.400. The van der Waals surface area contributed by atoms with Gasteiger partial charge in [-0.3, -0.25) is 0 Å². The molecule has 29 heavy (non-hydrogen) atoms. The zero-order valence-corrected chi connectivity index (χ0v) is 19.5. The van der Waals surface area contributed by atoms with E-state index in [0.717, 1.165) is 18.7 Å². The summed E-state index contributed by atoms with van der Waals surface area (Å²) in [5.41, 5.74) is 1.13. The van der Waals surface area contributed by atoms with Gasteiger partial charge >= 0.3 is 0 Å². The highest BCUT2D eigenvalue weighted by Gasteiger charge is 2.44. The highest BCUT2D eigenvalue weighted by molar-refractivity contribution is 7.96. The summed E-state index contributed by atoms with van der Waals surface area (Å²) in [5, 5.41) is 2.19. The zero-order chi connectivity index (χ0) is 19.7. The van der Waals surface area contributed by atoms with Crippen molar-refractivity contribution in [3.05, 3.63) is 59.7 Å². The Morgan fingerprint density at radius 2 is 1.69 bits per heavy atom. The molecule has 0 radical (unpaired) electrons. The number of nitrogens with zero attached hydrogens (tertiary/aromatic N) is 1. The number of hydrogen-bond acceptors (Lipinski definition) is 6. The van der Waals surface area contributed by atoms with Gasteiger partial charge in [-0.15, -0.1) is 24.8 Å². The predicted octanol–water partition coefficient (Wildman–Crippen LogP) is 2.48. The molecule has 1 unspecified atom stereocenters. The summed E-state index contributed by atoms with van der Waals surface area (Å²) >= 11 is 0. The van der Waals surface area contributed by atoms with Crippen molar-refractivity contribution in [3.63, 3.8) is 0 Å². The van der Waals surface area contributed by atoms with Gasteiger partial charge in [-0.05, 0) is 43.4 Å². The quantitative estimate of drug-likeness (QED) is 0.612. The monoisotopic (exact) mass is 480 g/mol. The van der Waals surface area contributed by atoms with E-state index in [2.05, 4.69) is 5.32 Å². The maximum atomic E-state index is 13.2. The van der Waals surface area contributed by atoms with Gasteiger partial charge in [-0.1, -0.05) is 30.3 Å². The van der Waals surface area contributed by atoms with Crippen molar-refractivity contribution in [2.45, 2.75) is 21.6 Å². The Balaban J connectivity index is 0.00000210. The van der Waals surface area contributed by atoms with Crippen molar-refractivity contribution >= 4 is 44.5 Å². The van der Waals surface area contributed by atoms with Crippen molar-refractivity contribution in [1.29, 1.82) is 0 Å². The summed E-state index contributed by atoms with van der Waals surface area (Å²) in [6, 6.07) is 13.0. The number of benzene rings is 2. The second kappa shape index (κ2) is 10.2. The SMILES string of the molecule is CN(C)CCNCc1cccc2c1C(S(=O)(=O)c1ccccc1)CS2(=O)=O.Cl.Cl. The summed E-state index contributed by atoms with van der Waals surface area (Å²) in [6.07, 6.45) is 0. The lowest BCUT2D eigenvalue weighted by Gasteiger charge is -2.17. The van der Waals surface area contributed by atoms with Gasteiger partial charge in [0.05, 0.1) is 15.5 Å². The van der Waals surface area contributed by atoms with Gasteiger partial charge in [-0.2, -0.15) is 0 Å². The molecule has 1 atom stereocenters. The van der Waals surface area contributed by atoms with E-state index in [-0.39, 0.29) is 34.6 Å². The van der Waals surface area contributed by atoms with Crippen LogP contribution in [-0.2, 0) is 26.2 Å². The number of halogens is 2. The van der Waals surface area contributed by atoms with Gasteiger partial charge in [0.25, 0.3) is 0 Å². The third kappa shape index (κ3) is 5.51. The third-order valence-electron chi connectivity index (χ3n) is 4.68. The van der Waals surface area contributed by atoms with E-state index in [1.54, 1.807) is 30.3 Å². The van der Waals surface area contributed by atoms with Gasteiger partial charge in [0.15, 0.2) is 19.7 Å². The Bertz CT molecular complexity index is 1030. The number of hydrogen-bond donors (Lipinski definition) is 1. The number of nitrogens with one attached hydrogen (secondary N) is 1. The highest BCUT2D eigenvalue weighted by Crippen LogP contribution is 2.42. The smallest absolute Gasteiger partial charge is 0.186 e. The first kappa shape index (κ1) is 25.9. The van der Waals surface area contributed by atoms with Crippen LogP contribution in [0, 0.1) is 0 Å². The first-order chi connectivity index (χ1) is 12.7. The minimum absolute atomic E-state index is 0. The Kier molecular flexibility index (Phi) is 9.13. The summed E-state index contributed by atoms with van der Waals surface area (Å²) in [7, 11) is -3.49.